The molecule has 4 nitrogen and oxygen atoms in total. The van der Waals surface area contributed by atoms with E-state index in [0.717, 1.165) is 24.8 Å². The van der Waals surface area contributed by atoms with Crippen LogP contribution in [0.1, 0.15) is 72.4 Å². The molecule has 1 unspecified atom stereocenters. The van der Waals surface area contributed by atoms with Crippen LogP contribution in [0.25, 0.3) is 11.3 Å². The van der Waals surface area contributed by atoms with Gasteiger partial charge in [-0.25, -0.2) is 0 Å². The molecule has 0 saturated carbocycles. The molecule has 1 aliphatic rings. The second-order valence-corrected chi connectivity index (χ2v) is 8.92. The highest BCUT2D eigenvalue weighted by Crippen LogP contribution is 2.32. The monoisotopic (exact) mass is 388 g/mol. The fourth-order valence-electron chi connectivity index (χ4n) is 4.09. The summed E-state index contributed by atoms with van der Waals surface area (Å²) < 4.78 is 5.58. The molecular formula is C25H28N2O2. The number of carbonyl (C=O) groups excluding carboxylic acids is 1. The van der Waals surface area contributed by atoms with Crippen LogP contribution in [0, 0.1) is 6.92 Å². The summed E-state index contributed by atoms with van der Waals surface area (Å²) in [6, 6.07) is 16.6. The lowest BCUT2D eigenvalue weighted by molar-refractivity contribution is 0.0932. The van der Waals surface area contributed by atoms with Crippen molar-refractivity contribution >= 4 is 5.91 Å². The molecule has 0 spiro atoms. The Bertz CT molecular complexity index is 1030. The van der Waals surface area contributed by atoms with E-state index in [9.17, 15) is 4.79 Å². The van der Waals surface area contributed by atoms with E-state index in [-0.39, 0.29) is 17.4 Å². The number of benzene rings is 2. The van der Waals surface area contributed by atoms with Crippen molar-refractivity contribution in [3.63, 3.8) is 0 Å². The summed E-state index contributed by atoms with van der Waals surface area (Å²) in [5.41, 5.74) is 5.86. The molecule has 2 aromatic carbocycles. The number of aryl methyl sites for hydroxylation is 2. The van der Waals surface area contributed by atoms with Crippen molar-refractivity contribution in [1.82, 2.24) is 10.5 Å². The van der Waals surface area contributed by atoms with Crippen LogP contribution in [0.4, 0.5) is 0 Å². The fourth-order valence-corrected chi connectivity index (χ4v) is 4.09. The summed E-state index contributed by atoms with van der Waals surface area (Å²) in [7, 11) is 0. The zero-order chi connectivity index (χ0) is 20.6. The lowest BCUT2D eigenvalue weighted by atomic mass is 9.86. The van der Waals surface area contributed by atoms with Crippen molar-refractivity contribution in [2.75, 3.05) is 0 Å². The second kappa shape index (κ2) is 7.51. The van der Waals surface area contributed by atoms with Crippen LogP contribution in [0.2, 0.25) is 0 Å². The Morgan fingerprint density at radius 3 is 2.55 bits per heavy atom. The highest BCUT2D eigenvalue weighted by atomic mass is 16.5. The number of hydrogen-bond donors (Lipinski definition) is 1. The first-order valence-electron chi connectivity index (χ1n) is 10.3. The van der Waals surface area contributed by atoms with E-state index in [4.69, 9.17) is 4.52 Å². The molecule has 0 radical (unpaired) electrons. The highest BCUT2D eigenvalue weighted by molar-refractivity contribution is 6.00. The number of nitrogens with zero attached hydrogens (tertiary/aromatic N) is 1. The van der Waals surface area contributed by atoms with Gasteiger partial charge in [0.15, 0.2) is 5.76 Å². The van der Waals surface area contributed by atoms with E-state index in [2.05, 4.69) is 61.6 Å². The molecule has 4 heteroatoms. The standard InChI is InChI=1S/C25H28N2O2/c1-16-22(23(29-27-16)18-12-14-19(15-13-18)25(2,3)4)24(28)26-21-11-7-9-17-8-5-6-10-20(17)21/h5-6,8,10,12-15,21H,7,9,11H2,1-4H3,(H,26,28). The minimum Gasteiger partial charge on any atom is -0.355 e. The van der Waals surface area contributed by atoms with E-state index in [1.807, 2.05) is 25.1 Å². The topological polar surface area (TPSA) is 55.1 Å². The average Bonchev–Trinajstić information content (AvgIpc) is 3.09. The predicted octanol–water partition coefficient (Wildman–Crippen LogP) is 5.75. The molecule has 1 amide bonds. The summed E-state index contributed by atoms with van der Waals surface area (Å²) in [6.07, 6.45) is 3.09. The first-order valence-corrected chi connectivity index (χ1v) is 10.3. The van der Waals surface area contributed by atoms with Crippen molar-refractivity contribution in [2.45, 2.75) is 58.4 Å². The van der Waals surface area contributed by atoms with Crippen LogP contribution in [-0.4, -0.2) is 11.1 Å². The van der Waals surface area contributed by atoms with Gasteiger partial charge in [-0.3, -0.25) is 4.79 Å². The molecule has 4 rings (SSSR count). The lowest BCUT2D eigenvalue weighted by Gasteiger charge is -2.26. The zero-order valence-corrected chi connectivity index (χ0v) is 17.6. The number of rotatable bonds is 3. The molecule has 1 heterocycles. The quantitative estimate of drug-likeness (QED) is 0.621. The summed E-state index contributed by atoms with van der Waals surface area (Å²) >= 11 is 0. The number of fused-ring (bicyclic) bond motifs is 1. The van der Waals surface area contributed by atoms with E-state index in [1.54, 1.807) is 0 Å². The Labute approximate surface area is 172 Å². The van der Waals surface area contributed by atoms with Gasteiger partial charge in [0.2, 0.25) is 0 Å². The summed E-state index contributed by atoms with van der Waals surface area (Å²) in [5, 5.41) is 7.31. The van der Waals surface area contributed by atoms with Gasteiger partial charge in [-0.15, -0.1) is 0 Å². The average molecular weight is 389 g/mol. The smallest absolute Gasteiger partial charge is 0.257 e. The maximum absolute atomic E-state index is 13.2. The molecule has 29 heavy (non-hydrogen) atoms. The number of nitrogens with one attached hydrogen (secondary N) is 1. The third-order valence-electron chi connectivity index (χ3n) is 5.78. The molecule has 0 bridgehead atoms. The number of hydrogen-bond acceptors (Lipinski definition) is 3. The maximum Gasteiger partial charge on any atom is 0.257 e. The normalized spacial score (nSPS) is 16.3. The zero-order valence-electron chi connectivity index (χ0n) is 17.6. The SMILES string of the molecule is Cc1noc(-c2ccc(C(C)(C)C)cc2)c1C(=O)NC1CCCc2ccccc21. The van der Waals surface area contributed by atoms with Gasteiger partial charge in [0, 0.05) is 5.56 Å². The first kappa shape index (κ1) is 19.4. The van der Waals surface area contributed by atoms with Gasteiger partial charge in [0.25, 0.3) is 5.91 Å². The molecule has 1 aliphatic carbocycles. The second-order valence-electron chi connectivity index (χ2n) is 8.92. The van der Waals surface area contributed by atoms with Gasteiger partial charge in [-0.2, -0.15) is 0 Å². The Morgan fingerprint density at radius 2 is 1.83 bits per heavy atom. The summed E-state index contributed by atoms with van der Waals surface area (Å²) in [6.45, 7) is 8.37. The largest absolute Gasteiger partial charge is 0.355 e. The van der Waals surface area contributed by atoms with E-state index >= 15 is 0 Å². The van der Waals surface area contributed by atoms with Crippen LogP contribution in [0.3, 0.4) is 0 Å². The van der Waals surface area contributed by atoms with E-state index in [0.29, 0.717) is 17.0 Å². The fraction of sp³-hybridized carbons (Fsp3) is 0.360. The Hall–Kier alpha value is -2.88. The maximum atomic E-state index is 13.2. The van der Waals surface area contributed by atoms with Gasteiger partial charge >= 0.3 is 0 Å². The van der Waals surface area contributed by atoms with Crippen molar-refractivity contribution < 1.29 is 9.32 Å². The van der Waals surface area contributed by atoms with Crippen molar-refractivity contribution in [3.8, 4) is 11.3 Å². The first-order chi connectivity index (χ1) is 13.8. The predicted molar refractivity (Wildman–Crippen MR) is 115 cm³/mol. The molecule has 0 fully saturated rings. The molecule has 3 aromatic rings. The number of carbonyl (C=O) groups is 1. The molecular weight excluding hydrogens is 360 g/mol. The molecule has 1 N–H and O–H groups in total. The Morgan fingerprint density at radius 1 is 1.10 bits per heavy atom. The molecule has 1 aromatic heterocycles. The Kier molecular flexibility index (Phi) is 5.03. The Balaban J connectivity index is 1.62. The summed E-state index contributed by atoms with van der Waals surface area (Å²) in [5.74, 6) is 0.407. The highest BCUT2D eigenvalue weighted by Gasteiger charge is 2.27. The van der Waals surface area contributed by atoms with Crippen molar-refractivity contribution in [2.24, 2.45) is 0 Å². The van der Waals surface area contributed by atoms with E-state index in [1.165, 1.54) is 16.7 Å². The van der Waals surface area contributed by atoms with Crippen LogP contribution in [0.5, 0.6) is 0 Å². The molecule has 0 aliphatic heterocycles. The van der Waals surface area contributed by atoms with Gasteiger partial charge in [-0.05, 0) is 48.3 Å². The number of amides is 1. The minimum atomic E-state index is -0.125. The van der Waals surface area contributed by atoms with Crippen LogP contribution >= 0.6 is 0 Å². The molecule has 0 saturated heterocycles. The molecule has 1 atom stereocenters. The van der Waals surface area contributed by atoms with Crippen LogP contribution in [0.15, 0.2) is 53.1 Å². The summed E-state index contributed by atoms with van der Waals surface area (Å²) in [4.78, 5) is 13.2. The van der Waals surface area contributed by atoms with Crippen LogP contribution < -0.4 is 5.32 Å². The van der Waals surface area contributed by atoms with Gasteiger partial charge in [0.05, 0.1) is 11.7 Å². The van der Waals surface area contributed by atoms with Crippen LogP contribution in [-0.2, 0) is 11.8 Å². The van der Waals surface area contributed by atoms with E-state index < -0.39 is 0 Å². The lowest BCUT2D eigenvalue weighted by Crippen LogP contribution is -2.31. The number of aromatic nitrogens is 1. The van der Waals surface area contributed by atoms with Crippen molar-refractivity contribution in [3.05, 3.63) is 76.5 Å². The van der Waals surface area contributed by atoms with Crippen molar-refractivity contribution in [1.29, 1.82) is 0 Å². The minimum absolute atomic E-state index is 0.0258. The third kappa shape index (κ3) is 3.84. The van der Waals surface area contributed by atoms with Gasteiger partial charge in [0.1, 0.15) is 5.56 Å². The van der Waals surface area contributed by atoms with Gasteiger partial charge in [-0.1, -0.05) is 74.5 Å². The molecule has 150 valence electrons. The van der Waals surface area contributed by atoms with Gasteiger partial charge < -0.3 is 9.84 Å². The third-order valence-corrected chi connectivity index (χ3v) is 5.78.